The Morgan fingerprint density at radius 2 is 1.78 bits per heavy atom. The van der Waals surface area contributed by atoms with Crippen LogP contribution in [0.4, 0.5) is 5.69 Å². The molecule has 0 spiro atoms. The van der Waals surface area contributed by atoms with Crippen LogP contribution in [0.25, 0.3) is 11.4 Å². The number of benzene rings is 2. The van der Waals surface area contributed by atoms with Crippen LogP contribution in [0.15, 0.2) is 54.6 Å². The molecule has 0 radical (unpaired) electrons. The summed E-state index contributed by atoms with van der Waals surface area (Å²) in [5.41, 5.74) is 4.80. The fraction of sp³-hybridized carbons (Fsp3) is 0.227. The predicted molar refractivity (Wildman–Crippen MR) is 105 cm³/mol. The number of carbonyl (C=O) groups excluding carboxylic acids is 1. The minimum Gasteiger partial charge on any atom is -0.467 e. The van der Waals surface area contributed by atoms with Crippen molar-refractivity contribution < 1.29 is 9.53 Å². The number of aromatic nitrogens is 2. The zero-order valence-electron chi connectivity index (χ0n) is 15.5. The van der Waals surface area contributed by atoms with Gasteiger partial charge in [-0.3, -0.25) is 4.79 Å². The molecule has 5 heteroatoms. The average Bonchev–Trinajstić information content (AvgIpc) is 3.13. The predicted octanol–water partition coefficient (Wildman–Crippen LogP) is 3.73. The van der Waals surface area contributed by atoms with Crippen LogP contribution in [0.2, 0.25) is 0 Å². The van der Waals surface area contributed by atoms with Crippen LogP contribution < -0.4 is 9.64 Å². The van der Waals surface area contributed by atoms with Crippen molar-refractivity contribution >= 4 is 11.6 Å². The van der Waals surface area contributed by atoms with Crippen molar-refractivity contribution in [2.75, 3.05) is 18.1 Å². The number of ether oxygens (including phenoxy) is 1. The van der Waals surface area contributed by atoms with E-state index in [9.17, 15) is 4.79 Å². The number of hydrogen-bond donors (Lipinski definition) is 0. The van der Waals surface area contributed by atoms with E-state index in [4.69, 9.17) is 4.74 Å². The van der Waals surface area contributed by atoms with Crippen molar-refractivity contribution in [2.45, 2.75) is 20.3 Å². The first-order valence-corrected chi connectivity index (χ1v) is 9.05. The van der Waals surface area contributed by atoms with E-state index in [1.54, 1.807) is 4.90 Å². The SMILES string of the molecule is Cc1nc(-c2ccccc2)nc(OCC(=O)N2CCc3ccccc32)c1C. The highest BCUT2D eigenvalue weighted by Crippen LogP contribution is 2.28. The molecule has 1 aliphatic rings. The van der Waals surface area contributed by atoms with E-state index in [-0.39, 0.29) is 12.5 Å². The topological polar surface area (TPSA) is 55.3 Å². The Bertz CT molecular complexity index is 986. The summed E-state index contributed by atoms with van der Waals surface area (Å²) in [6, 6.07) is 17.8. The summed E-state index contributed by atoms with van der Waals surface area (Å²) < 4.78 is 5.83. The minimum absolute atomic E-state index is 0.0418. The van der Waals surface area contributed by atoms with Crippen LogP contribution >= 0.6 is 0 Å². The number of para-hydroxylation sites is 1. The van der Waals surface area contributed by atoms with Gasteiger partial charge in [-0.1, -0.05) is 48.5 Å². The molecule has 0 N–H and O–H groups in total. The lowest BCUT2D eigenvalue weighted by Crippen LogP contribution is -2.33. The summed E-state index contributed by atoms with van der Waals surface area (Å²) >= 11 is 0. The van der Waals surface area contributed by atoms with Crippen molar-refractivity contribution in [2.24, 2.45) is 0 Å². The highest BCUT2D eigenvalue weighted by atomic mass is 16.5. The normalized spacial score (nSPS) is 12.7. The van der Waals surface area contributed by atoms with E-state index in [2.05, 4.69) is 16.0 Å². The molecular formula is C22H21N3O2. The van der Waals surface area contributed by atoms with E-state index in [0.717, 1.165) is 28.9 Å². The largest absolute Gasteiger partial charge is 0.467 e. The second-order valence-corrected chi connectivity index (χ2v) is 6.64. The van der Waals surface area contributed by atoms with Gasteiger partial charge >= 0.3 is 0 Å². The van der Waals surface area contributed by atoms with Gasteiger partial charge in [0.1, 0.15) is 0 Å². The summed E-state index contributed by atoms with van der Waals surface area (Å²) in [5.74, 6) is 1.01. The number of carbonyl (C=O) groups is 1. The molecule has 4 rings (SSSR count). The molecule has 5 nitrogen and oxygen atoms in total. The van der Waals surface area contributed by atoms with Gasteiger partial charge in [0.2, 0.25) is 5.88 Å². The third kappa shape index (κ3) is 3.40. The molecule has 1 aliphatic heterocycles. The van der Waals surface area contributed by atoms with Crippen molar-refractivity contribution in [3.8, 4) is 17.3 Å². The van der Waals surface area contributed by atoms with Crippen molar-refractivity contribution in [3.05, 3.63) is 71.4 Å². The molecule has 1 amide bonds. The van der Waals surface area contributed by atoms with Gasteiger partial charge in [0, 0.05) is 29.1 Å². The van der Waals surface area contributed by atoms with Crippen LogP contribution in [0, 0.1) is 13.8 Å². The lowest BCUT2D eigenvalue weighted by Gasteiger charge is -2.18. The Labute approximate surface area is 158 Å². The Hall–Kier alpha value is -3.21. The molecule has 2 heterocycles. The van der Waals surface area contributed by atoms with Gasteiger partial charge < -0.3 is 9.64 Å². The molecule has 0 aliphatic carbocycles. The van der Waals surface area contributed by atoms with E-state index in [1.165, 1.54) is 5.56 Å². The Balaban J connectivity index is 1.53. The molecule has 27 heavy (non-hydrogen) atoms. The smallest absolute Gasteiger partial charge is 0.264 e. The zero-order valence-corrected chi connectivity index (χ0v) is 15.5. The second-order valence-electron chi connectivity index (χ2n) is 6.64. The second kappa shape index (κ2) is 7.19. The summed E-state index contributed by atoms with van der Waals surface area (Å²) in [6.45, 7) is 4.49. The average molecular weight is 359 g/mol. The molecule has 0 saturated carbocycles. The summed E-state index contributed by atoms with van der Waals surface area (Å²) in [6.07, 6.45) is 0.881. The molecule has 1 aromatic heterocycles. The maximum atomic E-state index is 12.7. The third-order valence-corrected chi connectivity index (χ3v) is 4.90. The van der Waals surface area contributed by atoms with Crippen LogP contribution in [-0.4, -0.2) is 29.0 Å². The third-order valence-electron chi connectivity index (χ3n) is 4.90. The zero-order chi connectivity index (χ0) is 18.8. The number of rotatable bonds is 4. The highest BCUT2D eigenvalue weighted by Gasteiger charge is 2.24. The van der Waals surface area contributed by atoms with Crippen molar-refractivity contribution in [1.29, 1.82) is 0 Å². The number of aryl methyl sites for hydroxylation is 1. The Morgan fingerprint density at radius 3 is 2.59 bits per heavy atom. The number of nitrogens with zero attached hydrogens (tertiary/aromatic N) is 3. The minimum atomic E-state index is -0.0584. The van der Waals surface area contributed by atoms with Crippen LogP contribution in [0.1, 0.15) is 16.8 Å². The van der Waals surface area contributed by atoms with Crippen LogP contribution in [0.5, 0.6) is 5.88 Å². The first-order chi connectivity index (χ1) is 13.1. The van der Waals surface area contributed by atoms with E-state index in [0.29, 0.717) is 18.2 Å². The molecule has 0 fully saturated rings. The number of fused-ring (bicyclic) bond motifs is 1. The van der Waals surface area contributed by atoms with Gasteiger partial charge in [-0.25, -0.2) is 4.98 Å². The fourth-order valence-electron chi connectivity index (χ4n) is 3.26. The maximum absolute atomic E-state index is 12.7. The Morgan fingerprint density at radius 1 is 1.04 bits per heavy atom. The van der Waals surface area contributed by atoms with Gasteiger partial charge in [-0.15, -0.1) is 0 Å². The highest BCUT2D eigenvalue weighted by molar-refractivity contribution is 5.96. The van der Waals surface area contributed by atoms with Crippen molar-refractivity contribution in [1.82, 2.24) is 9.97 Å². The summed E-state index contributed by atoms with van der Waals surface area (Å²) in [4.78, 5) is 23.6. The lowest BCUT2D eigenvalue weighted by atomic mass is 10.2. The van der Waals surface area contributed by atoms with Crippen molar-refractivity contribution in [3.63, 3.8) is 0 Å². The molecule has 2 aromatic carbocycles. The first kappa shape index (κ1) is 17.2. The quantitative estimate of drug-likeness (QED) is 0.712. The summed E-state index contributed by atoms with van der Waals surface area (Å²) in [7, 11) is 0. The molecule has 0 unspecified atom stereocenters. The standard InChI is InChI=1S/C22H21N3O2/c1-15-16(2)23-21(18-9-4-3-5-10-18)24-22(15)27-14-20(26)25-13-12-17-8-6-7-11-19(17)25/h3-11H,12-14H2,1-2H3. The number of hydrogen-bond acceptors (Lipinski definition) is 4. The number of amides is 1. The molecule has 0 bridgehead atoms. The van der Waals surface area contributed by atoms with Gasteiger partial charge in [0.15, 0.2) is 12.4 Å². The summed E-state index contributed by atoms with van der Waals surface area (Å²) in [5, 5.41) is 0. The molecule has 3 aromatic rings. The van der Waals surface area contributed by atoms with Gasteiger partial charge in [-0.05, 0) is 31.9 Å². The van der Waals surface area contributed by atoms with E-state index < -0.39 is 0 Å². The van der Waals surface area contributed by atoms with E-state index in [1.807, 2.05) is 62.4 Å². The first-order valence-electron chi connectivity index (χ1n) is 9.05. The van der Waals surface area contributed by atoms with E-state index >= 15 is 0 Å². The van der Waals surface area contributed by atoms with Gasteiger partial charge in [0.25, 0.3) is 5.91 Å². The molecular weight excluding hydrogens is 338 g/mol. The maximum Gasteiger partial charge on any atom is 0.264 e. The fourth-order valence-corrected chi connectivity index (χ4v) is 3.26. The lowest BCUT2D eigenvalue weighted by molar-refractivity contribution is -0.120. The van der Waals surface area contributed by atoms with Crippen LogP contribution in [-0.2, 0) is 11.2 Å². The molecule has 0 saturated heterocycles. The van der Waals surface area contributed by atoms with Gasteiger partial charge in [0.05, 0.1) is 0 Å². The molecule has 136 valence electrons. The van der Waals surface area contributed by atoms with Gasteiger partial charge in [-0.2, -0.15) is 4.98 Å². The van der Waals surface area contributed by atoms with Crippen LogP contribution in [0.3, 0.4) is 0 Å². The number of anilines is 1. The molecule has 0 atom stereocenters. The Kier molecular flexibility index (Phi) is 4.59. The monoisotopic (exact) mass is 359 g/mol.